The van der Waals surface area contributed by atoms with Gasteiger partial charge in [-0.1, -0.05) is 36.4 Å². The van der Waals surface area contributed by atoms with Crippen LogP contribution in [-0.2, 0) is 6.54 Å². The van der Waals surface area contributed by atoms with Crippen LogP contribution in [0.4, 0.5) is 0 Å². The Morgan fingerprint density at radius 3 is 2.52 bits per heavy atom. The maximum atomic E-state index is 12.6. The first kappa shape index (κ1) is 18.6. The summed E-state index contributed by atoms with van der Waals surface area (Å²) in [5.74, 6) is -0.233. The summed E-state index contributed by atoms with van der Waals surface area (Å²) in [6, 6.07) is 22.0. The predicted molar refractivity (Wildman–Crippen MR) is 117 cm³/mol. The van der Waals surface area contributed by atoms with E-state index in [-0.39, 0.29) is 17.9 Å². The minimum absolute atomic E-state index is 0.168. The molecule has 0 bridgehead atoms. The van der Waals surface area contributed by atoms with E-state index in [0.717, 1.165) is 22.3 Å². The number of nitrogens with zero attached hydrogens (tertiary/aromatic N) is 5. The third-order valence-corrected chi connectivity index (χ3v) is 4.99. The van der Waals surface area contributed by atoms with Gasteiger partial charge in [-0.3, -0.25) is 14.6 Å². The monoisotopic (exact) mass is 407 g/mol. The highest BCUT2D eigenvalue weighted by Gasteiger charge is 2.19. The Morgan fingerprint density at radius 1 is 0.871 bits per heavy atom. The number of rotatable bonds is 5. The molecule has 150 valence electrons. The third kappa shape index (κ3) is 3.53. The highest BCUT2D eigenvalue weighted by Crippen LogP contribution is 2.33. The lowest BCUT2D eigenvalue weighted by molar-refractivity contribution is 0.0965. The Hall–Kier alpha value is -4.39. The predicted octanol–water partition coefficient (Wildman–Crippen LogP) is 3.50. The number of hydrogen-bond donors (Lipinski definition) is 0. The van der Waals surface area contributed by atoms with Gasteiger partial charge in [0, 0.05) is 35.8 Å². The van der Waals surface area contributed by atoms with E-state index in [4.69, 9.17) is 5.10 Å². The summed E-state index contributed by atoms with van der Waals surface area (Å²) in [6.07, 6.45) is 4.95. The first-order chi connectivity index (χ1) is 15.2. The van der Waals surface area contributed by atoms with Gasteiger partial charge in [0.05, 0.1) is 16.8 Å². The molecule has 0 saturated heterocycles. The van der Waals surface area contributed by atoms with Crippen molar-refractivity contribution >= 4 is 11.3 Å². The minimum Gasteiger partial charge on any atom is -0.292 e. The second kappa shape index (κ2) is 7.79. The van der Waals surface area contributed by atoms with Crippen molar-refractivity contribution in [1.82, 2.24) is 24.4 Å². The van der Waals surface area contributed by atoms with Crippen LogP contribution in [0.25, 0.3) is 28.0 Å². The van der Waals surface area contributed by atoms with Gasteiger partial charge in [0.25, 0.3) is 5.56 Å². The zero-order valence-corrected chi connectivity index (χ0v) is 16.4. The molecule has 5 rings (SSSR count). The fourth-order valence-electron chi connectivity index (χ4n) is 3.50. The van der Waals surface area contributed by atoms with Crippen LogP contribution in [-0.4, -0.2) is 30.2 Å². The fraction of sp³-hybridized carbons (Fsp3) is 0.0417. The van der Waals surface area contributed by atoms with Gasteiger partial charge in [-0.15, -0.1) is 0 Å². The maximum absolute atomic E-state index is 12.6. The van der Waals surface area contributed by atoms with Crippen molar-refractivity contribution in [3.05, 3.63) is 107 Å². The second-order valence-electron chi connectivity index (χ2n) is 7.00. The molecule has 0 aliphatic rings. The molecule has 0 aliphatic heterocycles. The van der Waals surface area contributed by atoms with Gasteiger partial charge in [-0.2, -0.15) is 10.2 Å². The number of benzene rings is 1. The molecule has 5 aromatic rings. The molecule has 4 aromatic heterocycles. The summed E-state index contributed by atoms with van der Waals surface area (Å²) in [4.78, 5) is 29.0. The molecule has 0 amide bonds. The topological polar surface area (TPSA) is 82.1 Å². The summed E-state index contributed by atoms with van der Waals surface area (Å²) in [5, 5.41) is 9.26. The van der Waals surface area contributed by atoms with Crippen molar-refractivity contribution in [2.45, 2.75) is 6.54 Å². The van der Waals surface area contributed by atoms with Gasteiger partial charge < -0.3 is 0 Å². The molecular formula is C24H17N5O2. The van der Waals surface area contributed by atoms with E-state index in [1.807, 2.05) is 54.7 Å². The van der Waals surface area contributed by atoms with E-state index < -0.39 is 0 Å². The van der Waals surface area contributed by atoms with Crippen LogP contribution in [0.2, 0.25) is 0 Å². The number of ketones is 1. The van der Waals surface area contributed by atoms with Crippen LogP contribution in [0.3, 0.4) is 0 Å². The fourth-order valence-corrected chi connectivity index (χ4v) is 3.50. The Labute approximate surface area is 177 Å². The lowest BCUT2D eigenvalue weighted by atomic mass is 10.0. The van der Waals surface area contributed by atoms with Crippen LogP contribution in [0, 0.1) is 0 Å². The molecule has 31 heavy (non-hydrogen) atoms. The largest absolute Gasteiger partial charge is 0.292 e. The smallest absolute Gasteiger partial charge is 0.267 e. The summed E-state index contributed by atoms with van der Waals surface area (Å²) in [6.45, 7) is -0.168. The molecule has 0 saturated carbocycles. The molecule has 0 radical (unpaired) electrons. The maximum Gasteiger partial charge on any atom is 0.267 e. The Kier molecular flexibility index (Phi) is 4.68. The minimum atomic E-state index is -0.348. The quantitative estimate of drug-likeness (QED) is 0.417. The lowest BCUT2D eigenvalue weighted by Crippen LogP contribution is -2.26. The normalized spacial score (nSPS) is 11.0. The number of carbonyl (C=O) groups is 1. The van der Waals surface area contributed by atoms with E-state index in [1.54, 1.807) is 28.9 Å². The lowest BCUT2D eigenvalue weighted by Gasteiger charge is -2.08. The first-order valence-corrected chi connectivity index (χ1v) is 9.75. The van der Waals surface area contributed by atoms with Crippen LogP contribution in [0.15, 0.2) is 96.2 Å². The van der Waals surface area contributed by atoms with Crippen molar-refractivity contribution in [3.63, 3.8) is 0 Å². The highest BCUT2D eigenvalue weighted by atomic mass is 16.1. The number of carbonyl (C=O) groups excluding carboxylic acids is 1. The summed E-state index contributed by atoms with van der Waals surface area (Å²) >= 11 is 0. The van der Waals surface area contributed by atoms with E-state index in [1.165, 1.54) is 16.9 Å². The number of hydrogen-bond acceptors (Lipinski definition) is 5. The number of pyridine rings is 2. The Morgan fingerprint density at radius 2 is 1.71 bits per heavy atom. The van der Waals surface area contributed by atoms with E-state index >= 15 is 0 Å². The molecular weight excluding hydrogens is 390 g/mol. The average Bonchev–Trinajstić information content (AvgIpc) is 3.21. The zero-order chi connectivity index (χ0) is 21.2. The summed E-state index contributed by atoms with van der Waals surface area (Å²) in [5.41, 5.74) is 4.00. The average molecular weight is 407 g/mol. The van der Waals surface area contributed by atoms with Gasteiger partial charge >= 0.3 is 0 Å². The summed E-state index contributed by atoms with van der Waals surface area (Å²) in [7, 11) is 0. The molecule has 0 spiro atoms. The van der Waals surface area contributed by atoms with Gasteiger partial charge in [0.15, 0.2) is 5.78 Å². The number of aromatic nitrogens is 5. The molecule has 1 aromatic carbocycles. The molecule has 4 heterocycles. The molecule has 0 fully saturated rings. The SMILES string of the molecule is O=C(Cn1nc(-c2c(-c3ccccc3)nn3ccccc23)ccc1=O)c1cccnc1. The highest BCUT2D eigenvalue weighted by molar-refractivity contribution is 5.95. The molecule has 0 atom stereocenters. The molecule has 7 nitrogen and oxygen atoms in total. The Balaban J connectivity index is 1.64. The molecule has 0 N–H and O–H groups in total. The van der Waals surface area contributed by atoms with Crippen molar-refractivity contribution in [3.8, 4) is 22.5 Å². The van der Waals surface area contributed by atoms with Gasteiger partial charge in [-0.05, 0) is 30.3 Å². The molecule has 0 unspecified atom stereocenters. The Bertz CT molecular complexity index is 1440. The van der Waals surface area contributed by atoms with E-state index in [2.05, 4.69) is 10.1 Å². The van der Waals surface area contributed by atoms with Crippen molar-refractivity contribution < 1.29 is 4.79 Å². The van der Waals surface area contributed by atoms with Crippen LogP contribution >= 0.6 is 0 Å². The van der Waals surface area contributed by atoms with E-state index in [0.29, 0.717) is 11.3 Å². The third-order valence-electron chi connectivity index (χ3n) is 4.99. The summed E-state index contributed by atoms with van der Waals surface area (Å²) < 4.78 is 2.97. The van der Waals surface area contributed by atoms with Crippen molar-refractivity contribution in [2.24, 2.45) is 0 Å². The number of fused-ring (bicyclic) bond motifs is 1. The standard InChI is InChI=1S/C24H17N5O2/c30-21(18-9-6-13-25-15-18)16-29-22(31)12-11-19(26-29)23-20-10-4-5-14-28(20)27-24(23)17-7-2-1-3-8-17/h1-15H,16H2. The molecule has 0 aliphatic carbocycles. The van der Waals surface area contributed by atoms with Crippen molar-refractivity contribution in [1.29, 1.82) is 0 Å². The first-order valence-electron chi connectivity index (χ1n) is 9.75. The van der Waals surface area contributed by atoms with E-state index in [9.17, 15) is 9.59 Å². The zero-order valence-electron chi connectivity index (χ0n) is 16.4. The molecule has 7 heteroatoms. The van der Waals surface area contributed by atoms with Gasteiger partial charge in [0.1, 0.15) is 12.2 Å². The number of Topliss-reactive ketones (excluding diaryl/α,β-unsaturated/α-hetero) is 1. The van der Waals surface area contributed by atoms with Gasteiger partial charge in [-0.25, -0.2) is 9.20 Å². The van der Waals surface area contributed by atoms with Crippen LogP contribution in [0.5, 0.6) is 0 Å². The van der Waals surface area contributed by atoms with Crippen LogP contribution < -0.4 is 5.56 Å². The second-order valence-corrected chi connectivity index (χ2v) is 7.00. The van der Waals surface area contributed by atoms with Crippen LogP contribution in [0.1, 0.15) is 10.4 Å². The van der Waals surface area contributed by atoms with Gasteiger partial charge in [0.2, 0.25) is 0 Å². The van der Waals surface area contributed by atoms with Crippen molar-refractivity contribution in [2.75, 3.05) is 0 Å².